The smallest absolute Gasteiger partial charge is 0.328 e. The van der Waals surface area contributed by atoms with E-state index in [2.05, 4.69) is 10.6 Å². The van der Waals surface area contributed by atoms with Gasteiger partial charge < -0.3 is 20.1 Å². The Morgan fingerprint density at radius 1 is 1.18 bits per heavy atom. The number of halogens is 1. The van der Waals surface area contributed by atoms with Crippen molar-refractivity contribution in [3.63, 3.8) is 0 Å². The Morgan fingerprint density at radius 2 is 1.91 bits per heavy atom. The third kappa shape index (κ3) is 6.07. The number of hydrogen-bond donors (Lipinski definition) is 3. The van der Waals surface area contributed by atoms with E-state index < -0.39 is 11.6 Å². The van der Waals surface area contributed by atoms with E-state index in [1.807, 2.05) is 4.90 Å². The minimum Gasteiger partial charge on any atom is -0.387 e. The van der Waals surface area contributed by atoms with Gasteiger partial charge in [-0.25, -0.2) is 4.79 Å². The Kier molecular flexibility index (Phi) is 8.08. The standard InChI is InChI=1S/C24H33ClN4O5/c25-19-2-1-18(15-20(19)29-13-5-21(30)27-23(29)32)22(31)28-11-3-17(4-12-28)6-14-34-16-24(33)7-9-26-10-8-24/h1-2,15,17,26,33H,3-14,16H2,(H,27,30,32). The predicted molar refractivity (Wildman–Crippen MR) is 128 cm³/mol. The Labute approximate surface area is 204 Å². The lowest BCUT2D eigenvalue weighted by Crippen LogP contribution is -2.49. The Hall–Kier alpha value is -2.20. The molecule has 9 nitrogen and oxygen atoms in total. The van der Waals surface area contributed by atoms with Gasteiger partial charge in [0.25, 0.3) is 5.91 Å². The first-order valence-electron chi connectivity index (χ1n) is 12.1. The van der Waals surface area contributed by atoms with E-state index in [1.165, 1.54) is 4.90 Å². The first kappa shape index (κ1) is 24.9. The highest BCUT2D eigenvalue weighted by atomic mass is 35.5. The molecule has 0 unspecified atom stereocenters. The van der Waals surface area contributed by atoms with Crippen molar-refractivity contribution in [3.05, 3.63) is 28.8 Å². The summed E-state index contributed by atoms with van der Waals surface area (Å²) in [5.41, 5.74) is 0.198. The summed E-state index contributed by atoms with van der Waals surface area (Å²) in [6.07, 6.45) is 4.36. The first-order chi connectivity index (χ1) is 16.3. The number of hydrogen-bond acceptors (Lipinski definition) is 6. The monoisotopic (exact) mass is 492 g/mol. The molecule has 1 aromatic carbocycles. The topological polar surface area (TPSA) is 111 Å². The van der Waals surface area contributed by atoms with Crippen LogP contribution >= 0.6 is 11.6 Å². The molecule has 0 aromatic heterocycles. The Balaban J connectivity index is 1.25. The molecule has 4 amide bonds. The second-order valence-electron chi connectivity index (χ2n) is 9.47. The molecule has 0 radical (unpaired) electrons. The van der Waals surface area contributed by atoms with Gasteiger partial charge in [0, 0.05) is 38.2 Å². The molecule has 0 atom stereocenters. The van der Waals surface area contributed by atoms with Crippen molar-refractivity contribution in [1.82, 2.24) is 15.5 Å². The molecule has 3 N–H and O–H groups in total. The minimum absolute atomic E-state index is 0.0887. The number of nitrogens with one attached hydrogen (secondary N) is 2. The maximum Gasteiger partial charge on any atom is 0.328 e. The van der Waals surface area contributed by atoms with Crippen LogP contribution in [0.3, 0.4) is 0 Å². The number of aliphatic hydroxyl groups is 1. The number of carbonyl (C=O) groups excluding carboxylic acids is 3. The van der Waals surface area contributed by atoms with E-state index in [-0.39, 0.29) is 24.8 Å². The number of piperidine rings is 2. The summed E-state index contributed by atoms with van der Waals surface area (Å²) in [7, 11) is 0. The van der Waals surface area contributed by atoms with Crippen LogP contribution in [0, 0.1) is 5.92 Å². The second-order valence-corrected chi connectivity index (χ2v) is 9.88. The minimum atomic E-state index is -0.705. The molecular weight excluding hydrogens is 460 g/mol. The van der Waals surface area contributed by atoms with Gasteiger partial charge in [0.2, 0.25) is 5.91 Å². The highest BCUT2D eigenvalue weighted by molar-refractivity contribution is 6.34. The van der Waals surface area contributed by atoms with E-state index in [9.17, 15) is 19.5 Å². The zero-order chi connectivity index (χ0) is 24.1. The average molecular weight is 493 g/mol. The molecule has 186 valence electrons. The van der Waals surface area contributed by atoms with Crippen LogP contribution in [0.15, 0.2) is 18.2 Å². The van der Waals surface area contributed by atoms with Crippen molar-refractivity contribution in [2.45, 2.75) is 44.1 Å². The molecule has 1 aromatic rings. The zero-order valence-corrected chi connectivity index (χ0v) is 20.1. The Bertz CT molecular complexity index is 913. The summed E-state index contributed by atoms with van der Waals surface area (Å²) in [4.78, 5) is 40.0. The number of rotatable bonds is 7. The number of anilines is 1. The fourth-order valence-electron chi connectivity index (χ4n) is 4.80. The number of imide groups is 1. The highest BCUT2D eigenvalue weighted by Crippen LogP contribution is 2.30. The van der Waals surface area contributed by atoms with Gasteiger partial charge in [-0.2, -0.15) is 0 Å². The molecule has 0 bridgehead atoms. The Morgan fingerprint density at radius 3 is 2.62 bits per heavy atom. The maximum absolute atomic E-state index is 13.1. The maximum atomic E-state index is 13.1. The lowest BCUT2D eigenvalue weighted by Gasteiger charge is -2.34. The number of likely N-dealkylation sites (tertiary alicyclic amines) is 1. The summed E-state index contributed by atoms with van der Waals surface area (Å²) in [5.74, 6) is 0.0799. The number of carbonyl (C=O) groups is 3. The van der Waals surface area contributed by atoms with E-state index in [1.54, 1.807) is 18.2 Å². The average Bonchev–Trinajstić information content (AvgIpc) is 2.83. The predicted octanol–water partition coefficient (Wildman–Crippen LogP) is 2.16. The van der Waals surface area contributed by atoms with Crippen LogP contribution in [-0.4, -0.2) is 79.4 Å². The van der Waals surface area contributed by atoms with Crippen molar-refractivity contribution in [1.29, 1.82) is 0 Å². The number of nitrogens with zero attached hydrogens (tertiary/aromatic N) is 2. The van der Waals surface area contributed by atoms with Crippen molar-refractivity contribution in [2.75, 3.05) is 50.8 Å². The van der Waals surface area contributed by atoms with Crippen molar-refractivity contribution < 1.29 is 24.2 Å². The quantitative estimate of drug-likeness (QED) is 0.503. The molecule has 0 spiro atoms. The lowest BCUT2D eigenvalue weighted by molar-refractivity contribution is -0.120. The summed E-state index contributed by atoms with van der Waals surface area (Å²) >= 11 is 6.30. The van der Waals surface area contributed by atoms with Crippen LogP contribution in [0.1, 0.15) is 48.9 Å². The third-order valence-corrected chi connectivity index (χ3v) is 7.33. The molecule has 3 saturated heterocycles. The first-order valence-corrected chi connectivity index (χ1v) is 12.4. The number of amides is 4. The van der Waals surface area contributed by atoms with Crippen molar-refractivity contribution >= 4 is 35.1 Å². The molecule has 3 aliphatic rings. The van der Waals surface area contributed by atoms with Crippen LogP contribution in [0.2, 0.25) is 5.02 Å². The van der Waals surface area contributed by atoms with Crippen LogP contribution in [-0.2, 0) is 9.53 Å². The van der Waals surface area contributed by atoms with E-state index in [0.29, 0.717) is 48.5 Å². The van der Waals surface area contributed by atoms with Crippen molar-refractivity contribution in [3.8, 4) is 0 Å². The summed E-state index contributed by atoms with van der Waals surface area (Å²) in [6.45, 7) is 4.21. The van der Waals surface area contributed by atoms with Gasteiger partial charge in [-0.15, -0.1) is 0 Å². The van der Waals surface area contributed by atoms with Crippen LogP contribution in [0.4, 0.5) is 10.5 Å². The fourth-order valence-corrected chi connectivity index (χ4v) is 5.02. The molecule has 3 heterocycles. The van der Waals surface area contributed by atoms with Gasteiger partial charge in [0.1, 0.15) is 0 Å². The van der Waals surface area contributed by atoms with Gasteiger partial charge in [-0.3, -0.25) is 19.8 Å². The second kappa shape index (κ2) is 11.0. The molecule has 3 fully saturated rings. The molecule has 0 aliphatic carbocycles. The summed E-state index contributed by atoms with van der Waals surface area (Å²) in [5, 5.41) is 16.4. The van der Waals surface area contributed by atoms with Crippen LogP contribution in [0.25, 0.3) is 0 Å². The largest absolute Gasteiger partial charge is 0.387 e. The fraction of sp³-hybridized carbons (Fsp3) is 0.625. The summed E-state index contributed by atoms with van der Waals surface area (Å²) in [6, 6.07) is 4.39. The SMILES string of the molecule is O=C1CCN(c2cc(C(=O)N3CCC(CCOCC4(O)CCNCC4)CC3)ccc2Cl)C(=O)N1. The lowest BCUT2D eigenvalue weighted by atomic mass is 9.92. The molecule has 4 rings (SSSR count). The molecule has 34 heavy (non-hydrogen) atoms. The van der Waals surface area contributed by atoms with E-state index >= 15 is 0 Å². The number of benzene rings is 1. The van der Waals surface area contributed by atoms with Crippen LogP contribution in [0.5, 0.6) is 0 Å². The van der Waals surface area contributed by atoms with E-state index in [4.69, 9.17) is 16.3 Å². The van der Waals surface area contributed by atoms with Gasteiger partial charge in [-0.05, 0) is 69.3 Å². The normalized spacial score (nSPS) is 21.5. The molecular formula is C24H33ClN4O5. The third-order valence-electron chi connectivity index (χ3n) is 7.02. The zero-order valence-electron chi connectivity index (χ0n) is 19.4. The number of urea groups is 1. The molecule has 3 aliphatic heterocycles. The van der Waals surface area contributed by atoms with Crippen LogP contribution < -0.4 is 15.5 Å². The highest BCUT2D eigenvalue weighted by Gasteiger charge is 2.30. The van der Waals surface area contributed by atoms with Gasteiger partial charge in [0.15, 0.2) is 0 Å². The van der Waals surface area contributed by atoms with Crippen molar-refractivity contribution in [2.24, 2.45) is 5.92 Å². The number of ether oxygens (including phenoxy) is 1. The van der Waals surface area contributed by atoms with Gasteiger partial charge in [0.05, 0.1) is 22.9 Å². The van der Waals surface area contributed by atoms with Gasteiger partial charge >= 0.3 is 6.03 Å². The molecule has 0 saturated carbocycles. The summed E-state index contributed by atoms with van der Waals surface area (Å²) < 4.78 is 5.79. The van der Waals surface area contributed by atoms with E-state index in [0.717, 1.165) is 45.2 Å². The molecule has 10 heteroatoms. The van der Waals surface area contributed by atoms with Gasteiger partial charge in [-0.1, -0.05) is 11.6 Å².